The van der Waals surface area contributed by atoms with E-state index in [2.05, 4.69) is 27.9 Å². The number of alkyl halides is 1. The fourth-order valence-corrected chi connectivity index (χ4v) is 6.27. The third-order valence-corrected chi connectivity index (χ3v) is 6.91. The van der Waals surface area contributed by atoms with Crippen LogP contribution in [0.25, 0.3) is 0 Å². The minimum atomic E-state index is -0.978. The van der Waals surface area contributed by atoms with E-state index in [0.29, 0.717) is 35.4 Å². The Morgan fingerprint density at radius 3 is 2.65 bits per heavy atom. The van der Waals surface area contributed by atoms with E-state index in [1.165, 1.54) is 6.42 Å². The number of rotatable bonds is 3. The third kappa shape index (κ3) is 3.01. The lowest BCUT2D eigenvalue weighted by atomic mass is 9.48. The molecule has 4 aliphatic rings. The Morgan fingerprint density at radius 1 is 1.30 bits per heavy atom. The molecule has 1 aromatic rings. The molecule has 124 valence electrons. The SMILES string of the molecule is O=C(NCC12CC3CC(CC(F)(C3)C1)C2)c1cc(I)ccc1Cl. The molecule has 4 saturated carbocycles. The van der Waals surface area contributed by atoms with Crippen molar-refractivity contribution in [3.8, 4) is 0 Å². The molecule has 0 saturated heterocycles. The van der Waals surface area contributed by atoms with E-state index in [9.17, 15) is 9.18 Å². The molecule has 1 amide bonds. The number of halogens is 3. The molecule has 4 bridgehead atoms. The number of nitrogens with one attached hydrogen (secondary N) is 1. The van der Waals surface area contributed by atoms with Crippen LogP contribution in [-0.4, -0.2) is 18.1 Å². The van der Waals surface area contributed by atoms with Gasteiger partial charge in [-0.05, 0) is 96.6 Å². The molecule has 2 nitrogen and oxygen atoms in total. The van der Waals surface area contributed by atoms with Crippen LogP contribution in [-0.2, 0) is 0 Å². The number of carbonyl (C=O) groups is 1. The topological polar surface area (TPSA) is 29.1 Å². The standard InChI is InChI=1S/C18H20ClFINO/c19-15-2-1-13(21)4-14(15)16(23)22-10-17-5-11-3-12(6-17)8-18(20,7-11)9-17/h1-2,4,11-12H,3,5-10H2,(H,22,23). The summed E-state index contributed by atoms with van der Waals surface area (Å²) in [5, 5.41) is 3.52. The number of amides is 1. The molecule has 0 heterocycles. The summed E-state index contributed by atoms with van der Waals surface area (Å²) in [5.74, 6) is 0.885. The van der Waals surface area contributed by atoms with Gasteiger partial charge in [-0.25, -0.2) is 4.39 Å². The van der Waals surface area contributed by atoms with Crippen LogP contribution in [0.4, 0.5) is 4.39 Å². The Kier molecular flexibility index (Phi) is 3.91. The minimum absolute atomic E-state index is 0.0388. The van der Waals surface area contributed by atoms with Gasteiger partial charge in [0, 0.05) is 10.1 Å². The van der Waals surface area contributed by atoms with E-state index in [4.69, 9.17) is 11.6 Å². The first-order chi connectivity index (χ1) is 10.9. The van der Waals surface area contributed by atoms with E-state index < -0.39 is 5.67 Å². The molecule has 2 unspecified atom stereocenters. The average molecular weight is 448 g/mol. The molecule has 5 heteroatoms. The van der Waals surface area contributed by atoms with Gasteiger partial charge in [-0.3, -0.25) is 4.79 Å². The predicted octanol–water partition coefficient (Wildman–Crippen LogP) is 4.98. The average Bonchev–Trinajstić information content (AvgIpc) is 2.45. The number of hydrogen-bond donors (Lipinski definition) is 1. The van der Waals surface area contributed by atoms with Crippen molar-refractivity contribution in [3.05, 3.63) is 32.4 Å². The van der Waals surface area contributed by atoms with Crippen molar-refractivity contribution >= 4 is 40.1 Å². The van der Waals surface area contributed by atoms with Gasteiger partial charge in [-0.1, -0.05) is 11.6 Å². The molecule has 1 N–H and O–H groups in total. The van der Waals surface area contributed by atoms with Crippen LogP contribution in [0, 0.1) is 20.8 Å². The lowest BCUT2D eigenvalue weighted by molar-refractivity contribution is -0.121. The molecule has 2 atom stereocenters. The summed E-state index contributed by atoms with van der Waals surface area (Å²) >= 11 is 8.31. The van der Waals surface area contributed by atoms with Crippen molar-refractivity contribution in [2.75, 3.05) is 6.54 Å². The van der Waals surface area contributed by atoms with Crippen LogP contribution in [0.15, 0.2) is 18.2 Å². The largest absolute Gasteiger partial charge is 0.351 e. The molecule has 4 aliphatic carbocycles. The van der Waals surface area contributed by atoms with Crippen LogP contribution in [0.2, 0.25) is 5.02 Å². The van der Waals surface area contributed by atoms with Gasteiger partial charge in [0.05, 0.1) is 10.6 Å². The lowest BCUT2D eigenvalue weighted by Gasteiger charge is -2.59. The molecule has 0 spiro atoms. The zero-order valence-corrected chi connectivity index (χ0v) is 15.8. The second-order valence-electron chi connectivity index (χ2n) is 7.92. The summed E-state index contributed by atoms with van der Waals surface area (Å²) in [6, 6.07) is 5.43. The highest BCUT2D eigenvalue weighted by atomic mass is 127. The second kappa shape index (κ2) is 5.58. The van der Waals surface area contributed by atoms with E-state index in [-0.39, 0.29) is 11.3 Å². The van der Waals surface area contributed by atoms with Gasteiger partial charge in [0.15, 0.2) is 0 Å². The summed E-state index contributed by atoms with van der Waals surface area (Å²) in [6.07, 6.45) is 5.41. The van der Waals surface area contributed by atoms with Crippen molar-refractivity contribution in [1.29, 1.82) is 0 Å². The Labute approximate surface area is 154 Å². The third-order valence-electron chi connectivity index (χ3n) is 5.91. The number of carbonyl (C=O) groups excluding carboxylic acids is 1. The van der Waals surface area contributed by atoms with Crippen LogP contribution < -0.4 is 5.32 Å². The van der Waals surface area contributed by atoms with Crippen LogP contribution in [0.1, 0.15) is 48.9 Å². The zero-order chi connectivity index (χ0) is 16.2. The van der Waals surface area contributed by atoms with Crippen molar-refractivity contribution in [2.24, 2.45) is 17.3 Å². The van der Waals surface area contributed by atoms with Crippen molar-refractivity contribution < 1.29 is 9.18 Å². The summed E-state index contributed by atoms with van der Waals surface area (Å²) in [5.41, 5.74) is -0.504. The first kappa shape index (κ1) is 16.1. The van der Waals surface area contributed by atoms with Crippen LogP contribution in [0.5, 0.6) is 0 Å². The molecule has 0 radical (unpaired) electrons. The number of benzene rings is 1. The van der Waals surface area contributed by atoms with Crippen LogP contribution in [0.3, 0.4) is 0 Å². The van der Waals surface area contributed by atoms with Gasteiger partial charge in [0.1, 0.15) is 5.67 Å². The van der Waals surface area contributed by atoms with Gasteiger partial charge < -0.3 is 5.32 Å². The van der Waals surface area contributed by atoms with Crippen molar-refractivity contribution in [1.82, 2.24) is 5.32 Å². The molecule has 0 aromatic heterocycles. The number of hydrogen-bond acceptors (Lipinski definition) is 1. The summed E-state index contributed by atoms with van der Waals surface area (Å²) in [7, 11) is 0. The molecule has 23 heavy (non-hydrogen) atoms. The maximum Gasteiger partial charge on any atom is 0.252 e. The monoisotopic (exact) mass is 447 g/mol. The highest BCUT2D eigenvalue weighted by molar-refractivity contribution is 14.1. The van der Waals surface area contributed by atoms with Gasteiger partial charge in [0.2, 0.25) is 0 Å². The molecule has 4 fully saturated rings. The van der Waals surface area contributed by atoms with Gasteiger partial charge in [-0.2, -0.15) is 0 Å². The highest BCUT2D eigenvalue weighted by Gasteiger charge is 2.58. The van der Waals surface area contributed by atoms with E-state index >= 15 is 0 Å². The highest BCUT2D eigenvalue weighted by Crippen LogP contribution is 2.62. The van der Waals surface area contributed by atoms with Crippen LogP contribution >= 0.6 is 34.2 Å². The predicted molar refractivity (Wildman–Crippen MR) is 97.5 cm³/mol. The lowest BCUT2D eigenvalue weighted by Crippen LogP contribution is -2.57. The second-order valence-corrected chi connectivity index (χ2v) is 9.57. The fourth-order valence-electron chi connectivity index (χ4n) is 5.58. The van der Waals surface area contributed by atoms with Crippen molar-refractivity contribution in [3.63, 3.8) is 0 Å². The smallest absolute Gasteiger partial charge is 0.252 e. The van der Waals surface area contributed by atoms with Gasteiger partial charge in [0.25, 0.3) is 5.91 Å². The maximum absolute atomic E-state index is 15.0. The molecule has 0 aliphatic heterocycles. The van der Waals surface area contributed by atoms with E-state index in [1.54, 1.807) is 12.1 Å². The first-order valence-electron chi connectivity index (χ1n) is 8.29. The van der Waals surface area contributed by atoms with E-state index in [0.717, 1.165) is 29.3 Å². The van der Waals surface area contributed by atoms with Gasteiger partial charge in [-0.15, -0.1) is 0 Å². The molecule has 5 rings (SSSR count). The minimum Gasteiger partial charge on any atom is -0.351 e. The van der Waals surface area contributed by atoms with Crippen molar-refractivity contribution in [2.45, 2.75) is 44.2 Å². The van der Waals surface area contributed by atoms with Gasteiger partial charge >= 0.3 is 0 Å². The zero-order valence-electron chi connectivity index (χ0n) is 12.9. The van der Waals surface area contributed by atoms with E-state index in [1.807, 2.05) is 6.07 Å². The molecular weight excluding hydrogens is 428 g/mol. The summed E-state index contributed by atoms with van der Waals surface area (Å²) in [4.78, 5) is 12.5. The summed E-state index contributed by atoms with van der Waals surface area (Å²) < 4.78 is 15.9. The summed E-state index contributed by atoms with van der Waals surface area (Å²) in [6.45, 7) is 0.576. The quantitative estimate of drug-likeness (QED) is 0.650. The Hall–Kier alpha value is -0.360. The maximum atomic E-state index is 15.0. The Balaban J connectivity index is 1.49. The Morgan fingerprint density at radius 2 is 2.00 bits per heavy atom. The molecule has 1 aromatic carbocycles. The normalized spacial score (nSPS) is 37.9. The molecular formula is C18H20ClFINO. The first-order valence-corrected chi connectivity index (χ1v) is 9.74. The fraction of sp³-hybridized carbons (Fsp3) is 0.611. The Bertz CT molecular complexity index is 650.